The van der Waals surface area contributed by atoms with Crippen molar-refractivity contribution in [2.75, 3.05) is 18.1 Å². The molecule has 1 atom stereocenters. The van der Waals surface area contributed by atoms with Crippen molar-refractivity contribution in [3.63, 3.8) is 0 Å². The average molecular weight is 441 g/mol. The number of ether oxygens (including phenoxy) is 1. The first-order valence-corrected chi connectivity index (χ1v) is 11.0. The molecule has 8 heteroatoms. The van der Waals surface area contributed by atoms with Gasteiger partial charge in [0.25, 0.3) is 5.91 Å². The summed E-state index contributed by atoms with van der Waals surface area (Å²) >= 11 is 0. The summed E-state index contributed by atoms with van der Waals surface area (Å²) in [6, 6.07) is 7.20. The van der Waals surface area contributed by atoms with E-state index < -0.39 is 11.5 Å². The van der Waals surface area contributed by atoms with Crippen LogP contribution < -0.4 is 10.2 Å². The monoisotopic (exact) mass is 440 g/mol. The molecule has 2 aromatic rings. The largest absolute Gasteiger partial charge is 0.461 e. The van der Waals surface area contributed by atoms with Crippen LogP contribution in [0.15, 0.2) is 24.3 Å². The Labute approximate surface area is 188 Å². The summed E-state index contributed by atoms with van der Waals surface area (Å²) in [7, 11) is 0. The zero-order valence-corrected chi connectivity index (χ0v) is 19.7. The van der Waals surface area contributed by atoms with Crippen molar-refractivity contribution in [1.82, 2.24) is 15.1 Å². The van der Waals surface area contributed by atoms with E-state index in [4.69, 9.17) is 4.74 Å². The summed E-state index contributed by atoms with van der Waals surface area (Å²) in [5.74, 6) is -0.794. The molecular weight excluding hydrogens is 408 g/mol. The van der Waals surface area contributed by atoms with Crippen LogP contribution in [0.5, 0.6) is 0 Å². The second-order valence-corrected chi connectivity index (χ2v) is 8.94. The van der Waals surface area contributed by atoms with Crippen LogP contribution in [-0.4, -0.2) is 46.3 Å². The Morgan fingerprint density at radius 1 is 1.25 bits per heavy atom. The van der Waals surface area contributed by atoms with Gasteiger partial charge in [0.05, 0.1) is 13.2 Å². The Bertz CT molecular complexity index is 1040. The van der Waals surface area contributed by atoms with E-state index in [0.717, 1.165) is 17.5 Å². The van der Waals surface area contributed by atoms with E-state index in [1.54, 1.807) is 18.7 Å². The Morgan fingerprint density at radius 3 is 2.59 bits per heavy atom. The van der Waals surface area contributed by atoms with Gasteiger partial charge in [-0.2, -0.15) is 5.10 Å². The molecule has 1 aliphatic heterocycles. The molecule has 0 radical (unpaired) electrons. The van der Waals surface area contributed by atoms with Gasteiger partial charge < -0.3 is 10.1 Å². The molecule has 2 amide bonds. The number of hydrogen-bond donors (Lipinski definition) is 1. The molecule has 3 rings (SSSR count). The molecule has 172 valence electrons. The molecule has 8 nitrogen and oxygen atoms in total. The average Bonchev–Trinajstić information content (AvgIpc) is 3.13. The van der Waals surface area contributed by atoms with E-state index in [9.17, 15) is 14.4 Å². The number of nitrogens with one attached hydrogen (secondary N) is 1. The number of hydrogen-bond acceptors (Lipinski definition) is 5. The molecule has 2 heterocycles. The van der Waals surface area contributed by atoms with E-state index in [2.05, 4.69) is 24.3 Å². The summed E-state index contributed by atoms with van der Waals surface area (Å²) in [4.78, 5) is 40.9. The van der Waals surface area contributed by atoms with Crippen molar-refractivity contribution < 1.29 is 19.1 Å². The number of fused-ring (bicyclic) bond motifs is 1. The van der Waals surface area contributed by atoms with Gasteiger partial charge >= 0.3 is 5.97 Å². The van der Waals surface area contributed by atoms with E-state index in [-0.39, 0.29) is 36.4 Å². The minimum Gasteiger partial charge on any atom is -0.461 e. The van der Waals surface area contributed by atoms with E-state index in [1.807, 2.05) is 32.0 Å². The third kappa shape index (κ3) is 4.40. The number of carbonyl (C=O) groups is 3. The second kappa shape index (κ2) is 9.14. The summed E-state index contributed by atoms with van der Waals surface area (Å²) in [5.41, 5.74) is 1.69. The summed E-state index contributed by atoms with van der Waals surface area (Å²) in [6.45, 7) is 12.4. The number of benzene rings is 1. The normalized spacial score (nSPS) is 18.0. The van der Waals surface area contributed by atoms with E-state index in [1.165, 1.54) is 10.7 Å². The first-order valence-electron chi connectivity index (χ1n) is 11.0. The van der Waals surface area contributed by atoms with Gasteiger partial charge in [0, 0.05) is 18.3 Å². The highest BCUT2D eigenvalue weighted by molar-refractivity contribution is 6.12. The number of nitrogens with zero attached hydrogens (tertiary/aromatic N) is 3. The van der Waals surface area contributed by atoms with Crippen LogP contribution in [0.2, 0.25) is 0 Å². The predicted octanol–water partition coefficient (Wildman–Crippen LogP) is 3.26. The van der Waals surface area contributed by atoms with Gasteiger partial charge in [0.15, 0.2) is 5.69 Å². The fraction of sp³-hybridized carbons (Fsp3) is 0.500. The van der Waals surface area contributed by atoms with E-state index >= 15 is 0 Å². The standard InChI is InChI=1S/C24H32N4O4/c1-7-32-22(30)18-13-20-21(29)28(19-9-8-16(4)12-17(19)5)24(6,14-27(20)26-18)23(31)25-11-10-15(2)3/h8-9,12-13,15H,7,10-11,14H2,1-6H3,(H,25,31)/t24-/m0/s1. The predicted molar refractivity (Wildman–Crippen MR) is 122 cm³/mol. The van der Waals surface area contributed by atoms with Crippen LogP contribution in [0.25, 0.3) is 0 Å². The Balaban J connectivity index is 2.07. The summed E-state index contributed by atoms with van der Waals surface area (Å²) < 4.78 is 6.48. The van der Waals surface area contributed by atoms with Crippen molar-refractivity contribution in [2.24, 2.45) is 5.92 Å². The fourth-order valence-electron chi connectivity index (χ4n) is 3.98. The lowest BCUT2D eigenvalue weighted by Gasteiger charge is -2.43. The SMILES string of the molecule is CCOC(=O)c1cc2n(n1)C[C@@](C)(C(=O)NCCC(C)C)N(c1ccc(C)cc1C)C2=O. The fourth-order valence-corrected chi connectivity index (χ4v) is 3.98. The summed E-state index contributed by atoms with van der Waals surface area (Å²) in [5, 5.41) is 7.28. The van der Waals surface area contributed by atoms with Crippen molar-refractivity contribution in [3.05, 3.63) is 46.8 Å². The van der Waals surface area contributed by atoms with Crippen LogP contribution in [0, 0.1) is 19.8 Å². The van der Waals surface area contributed by atoms with Crippen LogP contribution in [0.4, 0.5) is 5.69 Å². The molecule has 0 spiro atoms. The van der Waals surface area contributed by atoms with Crippen molar-refractivity contribution in [1.29, 1.82) is 0 Å². The van der Waals surface area contributed by atoms with E-state index in [0.29, 0.717) is 18.2 Å². The van der Waals surface area contributed by atoms with Gasteiger partial charge in [0.1, 0.15) is 11.2 Å². The maximum Gasteiger partial charge on any atom is 0.358 e. The van der Waals surface area contributed by atoms with Gasteiger partial charge in [-0.3, -0.25) is 19.2 Å². The maximum absolute atomic E-state index is 13.7. The zero-order chi connectivity index (χ0) is 23.6. The van der Waals surface area contributed by atoms with Crippen LogP contribution >= 0.6 is 0 Å². The third-order valence-corrected chi connectivity index (χ3v) is 5.73. The molecule has 1 aromatic heterocycles. The molecule has 32 heavy (non-hydrogen) atoms. The van der Waals surface area contributed by atoms with Crippen molar-refractivity contribution in [2.45, 2.75) is 60.0 Å². The van der Waals surface area contributed by atoms with Crippen molar-refractivity contribution >= 4 is 23.5 Å². The highest BCUT2D eigenvalue weighted by Crippen LogP contribution is 2.35. The first kappa shape index (κ1) is 23.5. The van der Waals surface area contributed by atoms with Gasteiger partial charge in [0.2, 0.25) is 5.91 Å². The highest BCUT2D eigenvalue weighted by Gasteiger charge is 2.49. The van der Waals surface area contributed by atoms with Crippen LogP contribution in [0.3, 0.4) is 0 Å². The minimum atomic E-state index is -1.22. The second-order valence-electron chi connectivity index (χ2n) is 8.94. The number of rotatable bonds is 7. The molecule has 0 fully saturated rings. The lowest BCUT2D eigenvalue weighted by atomic mass is 9.92. The molecule has 0 unspecified atom stereocenters. The lowest BCUT2D eigenvalue weighted by Crippen LogP contribution is -2.64. The molecule has 0 saturated heterocycles. The maximum atomic E-state index is 13.7. The van der Waals surface area contributed by atoms with Gasteiger partial charge in [-0.25, -0.2) is 4.79 Å². The molecule has 1 aromatic carbocycles. The smallest absolute Gasteiger partial charge is 0.358 e. The lowest BCUT2D eigenvalue weighted by molar-refractivity contribution is -0.126. The topological polar surface area (TPSA) is 93.5 Å². The van der Waals surface area contributed by atoms with Gasteiger partial charge in [-0.05, 0) is 51.7 Å². The van der Waals surface area contributed by atoms with Crippen molar-refractivity contribution in [3.8, 4) is 0 Å². The number of anilines is 1. The van der Waals surface area contributed by atoms with Crippen LogP contribution in [-0.2, 0) is 16.1 Å². The summed E-state index contributed by atoms with van der Waals surface area (Å²) in [6.07, 6.45) is 0.833. The highest BCUT2D eigenvalue weighted by atomic mass is 16.5. The van der Waals surface area contributed by atoms with Gasteiger partial charge in [-0.15, -0.1) is 0 Å². The first-order chi connectivity index (χ1) is 15.1. The number of aryl methyl sites for hydroxylation is 2. The Hall–Kier alpha value is -3.16. The number of carbonyl (C=O) groups excluding carboxylic acids is 3. The third-order valence-electron chi connectivity index (χ3n) is 5.73. The molecular formula is C24H32N4O4. The molecule has 0 saturated carbocycles. The number of aromatic nitrogens is 2. The molecule has 0 aliphatic carbocycles. The molecule has 1 N–H and O–H groups in total. The minimum absolute atomic E-state index is 0.0558. The Morgan fingerprint density at radius 2 is 1.97 bits per heavy atom. The molecule has 1 aliphatic rings. The van der Waals surface area contributed by atoms with Gasteiger partial charge in [-0.1, -0.05) is 31.5 Å². The number of esters is 1. The zero-order valence-electron chi connectivity index (χ0n) is 19.7. The molecule has 0 bridgehead atoms. The Kier molecular flexibility index (Phi) is 6.71. The number of amides is 2. The quantitative estimate of drug-likeness (QED) is 0.667. The van der Waals surface area contributed by atoms with Crippen LogP contribution in [0.1, 0.15) is 66.2 Å².